The second-order valence-corrected chi connectivity index (χ2v) is 8.19. The first-order chi connectivity index (χ1) is 16.0. The maximum Gasteiger partial charge on any atom is 0.266 e. The second-order valence-electron chi connectivity index (χ2n) is 7.25. The van der Waals surface area contributed by atoms with Gasteiger partial charge in [0.1, 0.15) is 5.75 Å². The van der Waals surface area contributed by atoms with Gasteiger partial charge in [0.15, 0.2) is 5.16 Å². The first-order valence-corrected chi connectivity index (χ1v) is 11.2. The number of nitrogens with zero attached hydrogens (tertiary/aromatic N) is 3. The maximum atomic E-state index is 13.3. The number of carbonyl (C=O) groups is 1. The first-order valence-electron chi connectivity index (χ1n) is 10.2. The number of hydrogen-bond donors (Lipinski definition) is 1. The molecule has 0 radical (unpaired) electrons. The van der Waals surface area contributed by atoms with Crippen LogP contribution < -0.4 is 15.7 Å². The van der Waals surface area contributed by atoms with E-state index < -0.39 is 0 Å². The number of thioether (sulfide) groups is 1. The van der Waals surface area contributed by atoms with E-state index in [9.17, 15) is 9.59 Å². The van der Waals surface area contributed by atoms with E-state index in [-0.39, 0.29) is 17.2 Å². The number of aromatic nitrogens is 2. The Bertz CT molecular complexity index is 1370. The molecule has 1 aromatic heterocycles. The van der Waals surface area contributed by atoms with Gasteiger partial charge in [-0.2, -0.15) is 5.10 Å². The van der Waals surface area contributed by atoms with Crippen molar-refractivity contribution in [2.75, 3.05) is 12.9 Å². The highest BCUT2D eigenvalue weighted by Crippen LogP contribution is 2.21. The van der Waals surface area contributed by atoms with Crippen LogP contribution in [-0.2, 0) is 4.79 Å². The zero-order valence-electron chi connectivity index (χ0n) is 18.2. The van der Waals surface area contributed by atoms with E-state index in [0.29, 0.717) is 21.7 Å². The number of fused-ring (bicyclic) bond motifs is 1. The lowest BCUT2D eigenvalue weighted by molar-refractivity contribution is -0.118. The molecule has 0 aliphatic heterocycles. The van der Waals surface area contributed by atoms with Crippen molar-refractivity contribution in [2.45, 2.75) is 12.1 Å². The van der Waals surface area contributed by atoms with Crippen LogP contribution in [0, 0.1) is 6.92 Å². The van der Waals surface area contributed by atoms with E-state index in [4.69, 9.17) is 4.74 Å². The Labute approximate surface area is 195 Å². The van der Waals surface area contributed by atoms with Crippen molar-refractivity contribution in [3.05, 3.63) is 94.3 Å². The van der Waals surface area contributed by atoms with Gasteiger partial charge >= 0.3 is 0 Å². The van der Waals surface area contributed by atoms with Gasteiger partial charge < -0.3 is 4.74 Å². The van der Waals surface area contributed by atoms with Gasteiger partial charge in [-0.15, -0.1) is 0 Å². The Morgan fingerprint density at radius 3 is 2.61 bits per heavy atom. The highest BCUT2D eigenvalue weighted by Gasteiger charge is 2.15. The molecule has 0 unspecified atom stereocenters. The molecule has 1 heterocycles. The average Bonchev–Trinajstić information content (AvgIpc) is 2.84. The molecule has 3 aromatic carbocycles. The van der Waals surface area contributed by atoms with E-state index in [2.05, 4.69) is 15.5 Å². The van der Waals surface area contributed by atoms with Crippen LogP contribution in [0.3, 0.4) is 0 Å². The first kappa shape index (κ1) is 22.3. The third-order valence-corrected chi connectivity index (χ3v) is 5.80. The molecule has 0 aliphatic carbocycles. The van der Waals surface area contributed by atoms with E-state index >= 15 is 0 Å². The largest absolute Gasteiger partial charge is 0.497 e. The summed E-state index contributed by atoms with van der Waals surface area (Å²) < 4.78 is 6.66. The second kappa shape index (κ2) is 10.1. The highest BCUT2D eigenvalue weighted by atomic mass is 32.2. The van der Waals surface area contributed by atoms with Crippen LogP contribution in [0.25, 0.3) is 16.6 Å². The molecule has 1 N–H and O–H groups in total. The number of nitrogens with one attached hydrogen (secondary N) is 1. The van der Waals surface area contributed by atoms with Crippen LogP contribution in [0.5, 0.6) is 5.75 Å². The van der Waals surface area contributed by atoms with Gasteiger partial charge in [0.05, 0.1) is 35.7 Å². The number of amides is 1. The summed E-state index contributed by atoms with van der Waals surface area (Å²) in [5.41, 5.74) is 5.44. The number of methoxy groups -OCH3 is 1. The summed E-state index contributed by atoms with van der Waals surface area (Å²) in [4.78, 5) is 30.3. The van der Waals surface area contributed by atoms with Crippen molar-refractivity contribution in [3.63, 3.8) is 0 Å². The number of aryl methyl sites for hydroxylation is 1. The lowest BCUT2D eigenvalue weighted by atomic mass is 10.1. The molecule has 166 valence electrons. The van der Waals surface area contributed by atoms with Gasteiger partial charge in [-0.25, -0.2) is 10.4 Å². The molecule has 1 amide bonds. The van der Waals surface area contributed by atoms with Crippen LogP contribution >= 0.6 is 11.8 Å². The van der Waals surface area contributed by atoms with E-state index in [0.717, 1.165) is 16.9 Å². The van der Waals surface area contributed by atoms with E-state index in [1.807, 2.05) is 79.7 Å². The third-order valence-electron chi connectivity index (χ3n) is 4.86. The monoisotopic (exact) mass is 458 g/mol. The van der Waals surface area contributed by atoms with E-state index in [1.54, 1.807) is 17.9 Å². The predicted octanol–water partition coefficient (Wildman–Crippen LogP) is 3.95. The number of hydrogen-bond acceptors (Lipinski definition) is 6. The molecule has 0 spiro atoms. The fraction of sp³-hybridized carbons (Fsp3) is 0.120. The molecule has 0 aliphatic rings. The minimum Gasteiger partial charge on any atom is -0.497 e. The number of rotatable bonds is 7. The lowest BCUT2D eigenvalue weighted by Gasteiger charge is -2.13. The van der Waals surface area contributed by atoms with Gasteiger partial charge in [-0.05, 0) is 61.0 Å². The Hall–Kier alpha value is -3.91. The van der Waals surface area contributed by atoms with Crippen molar-refractivity contribution in [1.29, 1.82) is 0 Å². The SMILES string of the molecule is COc1ccc(/C=N/NC(=O)CSc2nc3ccc(C)cc3c(=O)n2-c2ccccc2)cc1. The molecular weight excluding hydrogens is 436 g/mol. The minimum atomic E-state index is -0.303. The van der Waals surface area contributed by atoms with Gasteiger partial charge in [0.2, 0.25) is 0 Å². The standard InChI is InChI=1S/C25H22N4O3S/c1-17-8-13-22-21(14-17)24(31)29(19-6-4-3-5-7-19)25(27-22)33-16-23(30)28-26-15-18-9-11-20(32-2)12-10-18/h3-15H,16H2,1-2H3,(H,28,30)/b26-15+. The molecule has 0 saturated carbocycles. The van der Waals surface area contributed by atoms with Gasteiger partial charge in [-0.3, -0.25) is 14.2 Å². The highest BCUT2D eigenvalue weighted by molar-refractivity contribution is 7.99. The number of ether oxygens (including phenoxy) is 1. The number of hydrazone groups is 1. The average molecular weight is 459 g/mol. The molecule has 0 fully saturated rings. The number of benzene rings is 3. The van der Waals surface area contributed by atoms with Crippen molar-refractivity contribution in [1.82, 2.24) is 15.0 Å². The molecule has 7 nitrogen and oxygen atoms in total. The summed E-state index contributed by atoms with van der Waals surface area (Å²) in [5, 5.41) is 4.98. The van der Waals surface area contributed by atoms with Gasteiger partial charge in [-0.1, -0.05) is 41.6 Å². The molecule has 0 saturated heterocycles. The molecule has 4 rings (SSSR count). The minimum absolute atomic E-state index is 0.0522. The zero-order chi connectivity index (χ0) is 23.2. The van der Waals surface area contributed by atoms with Crippen LogP contribution in [0.1, 0.15) is 11.1 Å². The maximum absolute atomic E-state index is 13.3. The zero-order valence-corrected chi connectivity index (χ0v) is 19.0. The lowest BCUT2D eigenvalue weighted by Crippen LogP contribution is -2.24. The summed E-state index contributed by atoms with van der Waals surface area (Å²) in [5.74, 6) is 0.495. The Kier molecular flexibility index (Phi) is 6.85. The van der Waals surface area contributed by atoms with E-state index in [1.165, 1.54) is 11.8 Å². The molecule has 0 atom stereocenters. The third kappa shape index (κ3) is 5.30. The topological polar surface area (TPSA) is 85.6 Å². The van der Waals surface area contributed by atoms with Crippen LogP contribution in [-0.4, -0.2) is 34.5 Å². The smallest absolute Gasteiger partial charge is 0.266 e. The fourth-order valence-electron chi connectivity index (χ4n) is 3.21. The quantitative estimate of drug-likeness (QED) is 0.196. The summed E-state index contributed by atoms with van der Waals surface area (Å²) in [7, 11) is 1.60. The summed E-state index contributed by atoms with van der Waals surface area (Å²) in [6.07, 6.45) is 1.55. The van der Waals surface area contributed by atoms with Crippen LogP contribution in [0.15, 0.2) is 87.8 Å². The number of para-hydroxylation sites is 1. The van der Waals surface area contributed by atoms with Crippen molar-refractivity contribution in [2.24, 2.45) is 5.10 Å². The molecule has 4 aromatic rings. The fourth-order valence-corrected chi connectivity index (χ4v) is 4.02. The van der Waals surface area contributed by atoms with Crippen molar-refractivity contribution in [3.8, 4) is 11.4 Å². The van der Waals surface area contributed by atoms with Gasteiger partial charge in [0.25, 0.3) is 11.5 Å². The normalized spacial score (nSPS) is 11.1. The summed E-state index contributed by atoms with van der Waals surface area (Å²) in [6, 6.07) is 22.2. The molecule has 33 heavy (non-hydrogen) atoms. The summed E-state index contributed by atoms with van der Waals surface area (Å²) in [6.45, 7) is 1.94. The predicted molar refractivity (Wildman–Crippen MR) is 132 cm³/mol. The Balaban J connectivity index is 1.54. The van der Waals surface area contributed by atoms with Crippen molar-refractivity contribution < 1.29 is 9.53 Å². The summed E-state index contributed by atoms with van der Waals surface area (Å²) >= 11 is 1.18. The Morgan fingerprint density at radius 1 is 1.12 bits per heavy atom. The Morgan fingerprint density at radius 2 is 1.88 bits per heavy atom. The van der Waals surface area contributed by atoms with Crippen LogP contribution in [0.2, 0.25) is 0 Å². The molecule has 0 bridgehead atoms. The molecular formula is C25H22N4O3S. The van der Waals surface area contributed by atoms with Crippen molar-refractivity contribution >= 4 is 34.8 Å². The number of carbonyl (C=O) groups excluding carboxylic acids is 1. The molecule has 8 heteroatoms. The van der Waals surface area contributed by atoms with Gasteiger partial charge in [0, 0.05) is 0 Å². The van der Waals surface area contributed by atoms with Crippen LogP contribution in [0.4, 0.5) is 0 Å².